The van der Waals surface area contributed by atoms with Crippen LogP contribution < -0.4 is 10.3 Å². The molecule has 0 radical (unpaired) electrons. The number of carboxylic acid groups (broad SMARTS) is 1. The molecule has 0 aliphatic rings. The molecule has 0 spiro atoms. The molecule has 5 nitrogen and oxygen atoms in total. The van der Waals surface area contributed by atoms with Gasteiger partial charge in [-0.15, -0.1) is 0 Å². The molecule has 1 aromatic carbocycles. The smallest absolute Gasteiger partial charge is 0.323 e. The van der Waals surface area contributed by atoms with Gasteiger partial charge in [0.1, 0.15) is 12.3 Å². The Morgan fingerprint density at radius 3 is 2.48 bits per heavy atom. The second kappa shape index (κ2) is 5.24. The summed E-state index contributed by atoms with van der Waals surface area (Å²) in [5.74, 6) is -0.461. The highest BCUT2D eigenvalue weighted by atomic mass is 16.5. The van der Waals surface area contributed by atoms with Gasteiger partial charge in [-0.25, -0.2) is 0 Å². The normalized spacial score (nSPS) is 11.6. The molecule has 0 saturated heterocycles. The van der Waals surface area contributed by atoms with Gasteiger partial charge in [0.15, 0.2) is 0 Å². The van der Waals surface area contributed by atoms with Gasteiger partial charge in [-0.3, -0.25) is 14.2 Å². The standard InChI is InChI=1S/C16H19NO4/c1-16(2,3)12-7-10-5-6-11(21-4)8-13(10)17(15(12)20)9-14(18)19/h5-8H,9H2,1-4H3,(H,18,19). The molecule has 112 valence electrons. The van der Waals surface area contributed by atoms with E-state index in [-0.39, 0.29) is 17.5 Å². The van der Waals surface area contributed by atoms with Gasteiger partial charge in [-0.2, -0.15) is 0 Å². The molecule has 0 saturated carbocycles. The first kappa shape index (κ1) is 15.1. The molecule has 0 amide bonds. The summed E-state index contributed by atoms with van der Waals surface area (Å²) in [4.78, 5) is 23.7. The first-order valence-corrected chi connectivity index (χ1v) is 6.68. The topological polar surface area (TPSA) is 68.5 Å². The number of fused-ring (bicyclic) bond motifs is 1. The average Bonchev–Trinajstić information content (AvgIpc) is 2.39. The molecule has 0 atom stereocenters. The highest BCUT2D eigenvalue weighted by Gasteiger charge is 2.21. The molecular formula is C16H19NO4. The number of aliphatic carboxylic acids is 1. The third-order valence-electron chi connectivity index (χ3n) is 3.41. The van der Waals surface area contributed by atoms with Crippen molar-refractivity contribution in [2.75, 3.05) is 7.11 Å². The SMILES string of the molecule is COc1ccc2cc(C(C)(C)C)c(=O)n(CC(=O)O)c2c1. The Morgan fingerprint density at radius 2 is 1.95 bits per heavy atom. The van der Waals surface area contributed by atoms with Crippen molar-refractivity contribution in [3.8, 4) is 5.75 Å². The number of hydrogen-bond acceptors (Lipinski definition) is 3. The van der Waals surface area contributed by atoms with Crippen molar-refractivity contribution in [2.24, 2.45) is 0 Å². The summed E-state index contributed by atoms with van der Waals surface area (Å²) in [6.07, 6.45) is 0. The highest BCUT2D eigenvalue weighted by Crippen LogP contribution is 2.25. The summed E-state index contributed by atoms with van der Waals surface area (Å²) in [5.41, 5.74) is 0.535. The lowest BCUT2D eigenvalue weighted by Crippen LogP contribution is -2.32. The summed E-state index contributed by atoms with van der Waals surface area (Å²) in [6.45, 7) is 5.44. The summed E-state index contributed by atoms with van der Waals surface area (Å²) >= 11 is 0. The lowest BCUT2D eigenvalue weighted by atomic mass is 9.87. The van der Waals surface area contributed by atoms with E-state index in [0.717, 1.165) is 5.39 Å². The Kier molecular flexibility index (Phi) is 3.77. The van der Waals surface area contributed by atoms with Crippen LogP contribution in [0.15, 0.2) is 29.1 Å². The minimum absolute atomic E-state index is 0.273. The monoisotopic (exact) mass is 289 g/mol. The number of nitrogens with zero attached hydrogens (tertiary/aromatic N) is 1. The van der Waals surface area contributed by atoms with E-state index in [1.54, 1.807) is 12.1 Å². The van der Waals surface area contributed by atoms with Crippen LogP contribution in [0.25, 0.3) is 10.9 Å². The van der Waals surface area contributed by atoms with Gasteiger partial charge in [0.05, 0.1) is 12.6 Å². The van der Waals surface area contributed by atoms with E-state index >= 15 is 0 Å². The van der Waals surface area contributed by atoms with Gasteiger partial charge >= 0.3 is 5.97 Å². The van der Waals surface area contributed by atoms with Crippen LogP contribution in [-0.2, 0) is 16.8 Å². The maximum absolute atomic E-state index is 12.6. The Bertz CT molecular complexity index is 753. The van der Waals surface area contributed by atoms with Gasteiger partial charge in [0.25, 0.3) is 5.56 Å². The van der Waals surface area contributed by atoms with E-state index in [2.05, 4.69) is 0 Å². The molecular weight excluding hydrogens is 270 g/mol. The van der Waals surface area contributed by atoms with Gasteiger partial charge in [0.2, 0.25) is 0 Å². The lowest BCUT2D eigenvalue weighted by molar-refractivity contribution is -0.137. The summed E-state index contributed by atoms with van der Waals surface area (Å²) in [7, 11) is 1.53. The molecule has 0 aliphatic carbocycles. The largest absolute Gasteiger partial charge is 0.497 e. The maximum Gasteiger partial charge on any atom is 0.323 e. The number of aromatic nitrogens is 1. The van der Waals surface area contributed by atoms with Gasteiger partial charge < -0.3 is 9.84 Å². The molecule has 1 N–H and O–H groups in total. The van der Waals surface area contributed by atoms with Crippen LogP contribution in [0, 0.1) is 0 Å². The molecule has 5 heteroatoms. The van der Waals surface area contributed by atoms with E-state index in [1.807, 2.05) is 32.9 Å². The van der Waals surface area contributed by atoms with Crippen molar-refractivity contribution in [2.45, 2.75) is 32.7 Å². The highest BCUT2D eigenvalue weighted by molar-refractivity contribution is 5.82. The predicted molar refractivity (Wildman–Crippen MR) is 81.1 cm³/mol. The lowest BCUT2D eigenvalue weighted by Gasteiger charge is -2.21. The predicted octanol–water partition coefficient (Wildman–Crippen LogP) is 2.39. The van der Waals surface area contributed by atoms with E-state index in [4.69, 9.17) is 9.84 Å². The van der Waals surface area contributed by atoms with Crippen LogP contribution in [0.1, 0.15) is 26.3 Å². The number of benzene rings is 1. The Labute approximate surface area is 122 Å². The van der Waals surface area contributed by atoms with Crippen LogP contribution in [0.3, 0.4) is 0 Å². The minimum atomic E-state index is -1.05. The quantitative estimate of drug-likeness (QED) is 0.942. The summed E-state index contributed by atoms with van der Waals surface area (Å²) in [6, 6.07) is 7.15. The van der Waals surface area contributed by atoms with E-state index in [1.165, 1.54) is 11.7 Å². The van der Waals surface area contributed by atoms with Gasteiger partial charge in [-0.1, -0.05) is 20.8 Å². The van der Waals surface area contributed by atoms with E-state index in [0.29, 0.717) is 16.8 Å². The summed E-state index contributed by atoms with van der Waals surface area (Å²) in [5, 5.41) is 9.90. The average molecular weight is 289 g/mol. The van der Waals surface area contributed by atoms with Crippen molar-refractivity contribution >= 4 is 16.9 Å². The zero-order valence-electron chi connectivity index (χ0n) is 12.6. The number of pyridine rings is 1. The van der Waals surface area contributed by atoms with Gasteiger partial charge in [-0.05, 0) is 29.0 Å². The zero-order valence-corrected chi connectivity index (χ0v) is 12.6. The molecule has 0 aliphatic heterocycles. The van der Waals surface area contributed by atoms with Crippen molar-refractivity contribution < 1.29 is 14.6 Å². The van der Waals surface area contributed by atoms with Crippen LogP contribution >= 0.6 is 0 Å². The number of hydrogen-bond donors (Lipinski definition) is 1. The Hall–Kier alpha value is -2.30. The first-order valence-electron chi connectivity index (χ1n) is 6.68. The minimum Gasteiger partial charge on any atom is -0.497 e. The Morgan fingerprint density at radius 1 is 1.29 bits per heavy atom. The number of carbonyl (C=O) groups is 1. The third kappa shape index (κ3) is 2.91. The van der Waals surface area contributed by atoms with Crippen LogP contribution in [0.4, 0.5) is 0 Å². The molecule has 0 unspecified atom stereocenters. The molecule has 0 fully saturated rings. The fraction of sp³-hybridized carbons (Fsp3) is 0.375. The second-order valence-electron chi connectivity index (χ2n) is 6.02. The summed E-state index contributed by atoms with van der Waals surface area (Å²) < 4.78 is 6.45. The van der Waals surface area contributed by atoms with E-state index in [9.17, 15) is 9.59 Å². The van der Waals surface area contributed by atoms with Crippen LogP contribution in [-0.4, -0.2) is 22.8 Å². The molecule has 1 aromatic heterocycles. The molecule has 0 bridgehead atoms. The first-order chi connectivity index (χ1) is 9.74. The fourth-order valence-corrected chi connectivity index (χ4v) is 2.31. The Balaban J connectivity index is 2.86. The number of carboxylic acids is 1. The van der Waals surface area contributed by atoms with Crippen molar-refractivity contribution in [3.05, 3.63) is 40.2 Å². The van der Waals surface area contributed by atoms with E-state index < -0.39 is 5.97 Å². The zero-order chi connectivity index (χ0) is 15.8. The number of methoxy groups -OCH3 is 1. The number of rotatable bonds is 3. The number of ether oxygens (including phenoxy) is 1. The fourth-order valence-electron chi connectivity index (χ4n) is 2.31. The van der Waals surface area contributed by atoms with Crippen LogP contribution in [0.5, 0.6) is 5.75 Å². The maximum atomic E-state index is 12.6. The van der Waals surface area contributed by atoms with Gasteiger partial charge in [0, 0.05) is 11.6 Å². The second-order valence-corrected chi connectivity index (χ2v) is 6.02. The third-order valence-corrected chi connectivity index (χ3v) is 3.41. The van der Waals surface area contributed by atoms with Crippen LogP contribution in [0.2, 0.25) is 0 Å². The molecule has 2 rings (SSSR count). The molecule has 21 heavy (non-hydrogen) atoms. The molecule has 2 aromatic rings. The molecule has 1 heterocycles. The van der Waals surface area contributed by atoms with Crippen molar-refractivity contribution in [1.29, 1.82) is 0 Å². The van der Waals surface area contributed by atoms with Crippen molar-refractivity contribution in [3.63, 3.8) is 0 Å². The van der Waals surface area contributed by atoms with Crippen molar-refractivity contribution in [1.82, 2.24) is 4.57 Å².